The third-order valence-corrected chi connectivity index (χ3v) is 9.06. The summed E-state index contributed by atoms with van der Waals surface area (Å²) in [6.07, 6.45) is 2.45. The summed E-state index contributed by atoms with van der Waals surface area (Å²) in [5.74, 6) is 0.144. The molecule has 7 rings (SSSR count). The maximum Gasteiger partial charge on any atom is 0.347 e. The molecule has 0 aliphatic heterocycles. The summed E-state index contributed by atoms with van der Waals surface area (Å²) < 4.78 is 19.1. The second-order valence-electron chi connectivity index (χ2n) is 12.9. The molecule has 0 spiro atoms. The van der Waals surface area contributed by atoms with Crippen molar-refractivity contribution >= 4 is 16.9 Å². The van der Waals surface area contributed by atoms with E-state index in [2.05, 4.69) is 43.0 Å². The second kappa shape index (κ2) is 14.4. The van der Waals surface area contributed by atoms with Crippen LogP contribution < -0.4 is 9.47 Å². The Bertz CT molecular complexity index is 2070. The maximum atomic E-state index is 14.2. The highest BCUT2D eigenvalue weighted by atomic mass is 16.5. The molecule has 2 aromatic heterocycles. The van der Waals surface area contributed by atoms with Gasteiger partial charge in [-0.2, -0.15) is 0 Å². The second-order valence-corrected chi connectivity index (χ2v) is 12.9. The van der Waals surface area contributed by atoms with Crippen molar-refractivity contribution in [2.45, 2.75) is 52.6 Å². The molecular weight excluding hydrogens is 610 g/mol. The van der Waals surface area contributed by atoms with Crippen molar-refractivity contribution in [3.05, 3.63) is 148 Å². The van der Waals surface area contributed by atoms with Gasteiger partial charge in [0.2, 0.25) is 5.88 Å². The van der Waals surface area contributed by atoms with Gasteiger partial charge >= 0.3 is 5.97 Å². The van der Waals surface area contributed by atoms with Crippen molar-refractivity contribution in [2.24, 2.45) is 0 Å². The largest absolute Gasteiger partial charge is 0.487 e. The number of ether oxygens (including phenoxy) is 3. The standard InChI is InChI=1S/C42H41N3O4/c1-28-34-22-32-20-13-21-33-39(35(32)23-36(34)43-37(28)24-45(2)3)44-41(48-26-30-16-9-5-10-17-30)38(40(33)47-25-29-14-7-4-8-15-29)42(46)49-27-31-18-11-6-12-19-31/h4-12,14-19,22-23,43H,13,20-21,24-27H2,1-3H3. The van der Waals surface area contributed by atoms with Crippen LogP contribution in [0.3, 0.4) is 0 Å². The minimum atomic E-state index is -0.529. The Labute approximate surface area is 287 Å². The Morgan fingerprint density at radius 1 is 0.796 bits per heavy atom. The fourth-order valence-corrected chi connectivity index (χ4v) is 6.56. The van der Waals surface area contributed by atoms with Gasteiger partial charge in [0.25, 0.3) is 0 Å². The van der Waals surface area contributed by atoms with E-state index in [1.165, 1.54) is 22.2 Å². The number of esters is 1. The first kappa shape index (κ1) is 32.2. The number of benzene rings is 4. The van der Waals surface area contributed by atoms with Crippen molar-refractivity contribution in [3.63, 3.8) is 0 Å². The number of hydrogen-bond acceptors (Lipinski definition) is 6. The van der Waals surface area contributed by atoms with Gasteiger partial charge in [0.05, 0.1) is 5.69 Å². The molecule has 248 valence electrons. The summed E-state index contributed by atoms with van der Waals surface area (Å²) >= 11 is 0. The Balaban J connectivity index is 1.38. The first-order valence-corrected chi connectivity index (χ1v) is 16.8. The molecular formula is C42H41N3O4. The highest BCUT2D eigenvalue weighted by molar-refractivity contribution is 5.98. The smallest absolute Gasteiger partial charge is 0.347 e. The number of aromatic nitrogens is 2. The molecule has 0 radical (unpaired) electrons. The number of H-pyrrole nitrogens is 1. The van der Waals surface area contributed by atoms with Gasteiger partial charge in [-0.3, -0.25) is 0 Å². The van der Waals surface area contributed by atoms with Gasteiger partial charge in [-0.1, -0.05) is 91.0 Å². The normalized spacial score (nSPS) is 12.3. The average Bonchev–Trinajstić information content (AvgIpc) is 3.30. The summed E-state index contributed by atoms with van der Waals surface area (Å²) in [5, 5.41) is 1.22. The molecule has 1 N–H and O–H groups in total. The molecule has 0 saturated carbocycles. The van der Waals surface area contributed by atoms with E-state index in [4.69, 9.17) is 19.2 Å². The van der Waals surface area contributed by atoms with Crippen molar-refractivity contribution in [3.8, 4) is 22.9 Å². The summed E-state index contributed by atoms with van der Waals surface area (Å²) in [4.78, 5) is 25.2. The third kappa shape index (κ3) is 7.08. The lowest BCUT2D eigenvalue weighted by Crippen LogP contribution is -2.15. The Hall–Kier alpha value is -5.40. The lowest BCUT2D eigenvalue weighted by molar-refractivity contribution is 0.0460. The number of aryl methyl sites for hydroxylation is 2. The van der Waals surface area contributed by atoms with Crippen LogP contribution in [0.2, 0.25) is 0 Å². The van der Waals surface area contributed by atoms with E-state index in [0.717, 1.165) is 58.4 Å². The van der Waals surface area contributed by atoms with Crippen molar-refractivity contribution in [2.75, 3.05) is 14.1 Å². The number of carbonyl (C=O) groups is 1. The Morgan fingerprint density at radius 2 is 1.41 bits per heavy atom. The Kier molecular flexibility index (Phi) is 9.44. The summed E-state index contributed by atoms with van der Waals surface area (Å²) in [6.45, 7) is 3.65. The van der Waals surface area contributed by atoms with E-state index in [1.54, 1.807) is 0 Å². The number of carbonyl (C=O) groups excluding carboxylic acids is 1. The van der Waals surface area contributed by atoms with Crippen LogP contribution in [0.25, 0.3) is 22.2 Å². The molecule has 7 nitrogen and oxygen atoms in total. The van der Waals surface area contributed by atoms with E-state index in [9.17, 15) is 4.79 Å². The highest BCUT2D eigenvalue weighted by Crippen LogP contribution is 2.44. The number of hydrogen-bond donors (Lipinski definition) is 1. The molecule has 0 bridgehead atoms. The van der Waals surface area contributed by atoms with Crippen LogP contribution in [-0.4, -0.2) is 34.9 Å². The first-order chi connectivity index (χ1) is 23.9. The molecule has 4 aromatic carbocycles. The number of fused-ring (bicyclic) bond motifs is 4. The van der Waals surface area contributed by atoms with Crippen LogP contribution in [0.15, 0.2) is 103 Å². The maximum absolute atomic E-state index is 14.2. The van der Waals surface area contributed by atoms with Gasteiger partial charge in [0.1, 0.15) is 25.6 Å². The van der Waals surface area contributed by atoms with Gasteiger partial charge in [-0.25, -0.2) is 9.78 Å². The minimum absolute atomic E-state index is 0.120. The van der Waals surface area contributed by atoms with Crippen LogP contribution in [0.1, 0.15) is 55.9 Å². The van der Waals surface area contributed by atoms with Gasteiger partial charge in [0.15, 0.2) is 5.56 Å². The molecule has 1 aliphatic rings. The molecule has 0 atom stereocenters. The third-order valence-electron chi connectivity index (χ3n) is 9.06. The fourth-order valence-electron chi connectivity index (χ4n) is 6.56. The number of nitrogens with zero attached hydrogens (tertiary/aromatic N) is 2. The molecule has 1 aliphatic carbocycles. The van der Waals surface area contributed by atoms with Gasteiger partial charge in [-0.05, 0) is 80.2 Å². The van der Waals surface area contributed by atoms with E-state index >= 15 is 0 Å². The number of rotatable bonds is 11. The van der Waals surface area contributed by atoms with E-state index in [1.807, 2.05) is 91.0 Å². The molecule has 6 aromatic rings. The number of nitrogens with one attached hydrogen (secondary N) is 1. The molecule has 0 unspecified atom stereocenters. The van der Waals surface area contributed by atoms with Crippen molar-refractivity contribution in [1.29, 1.82) is 0 Å². The molecule has 0 fully saturated rings. The lowest BCUT2D eigenvalue weighted by atomic mass is 9.97. The average molecular weight is 652 g/mol. The predicted molar refractivity (Wildman–Crippen MR) is 193 cm³/mol. The summed E-state index contributed by atoms with van der Waals surface area (Å²) in [7, 11) is 4.16. The fraction of sp³-hybridized carbons (Fsp3) is 0.238. The van der Waals surface area contributed by atoms with Crippen LogP contribution in [-0.2, 0) is 43.9 Å². The first-order valence-electron chi connectivity index (χ1n) is 16.8. The van der Waals surface area contributed by atoms with Gasteiger partial charge in [0, 0.05) is 34.3 Å². The highest BCUT2D eigenvalue weighted by Gasteiger charge is 2.31. The summed E-state index contributed by atoms with van der Waals surface area (Å²) in [6, 6.07) is 34.1. The molecule has 2 heterocycles. The predicted octanol–water partition coefficient (Wildman–Crippen LogP) is 8.60. The van der Waals surface area contributed by atoms with Crippen LogP contribution >= 0.6 is 0 Å². The topological polar surface area (TPSA) is 76.7 Å². The van der Waals surface area contributed by atoms with Gasteiger partial charge in [-0.15, -0.1) is 0 Å². The summed E-state index contributed by atoms with van der Waals surface area (Å²) in [5.41, 5.74) is 10.5. The minimum Gasteiger partial charge on any atom is -0.487 e. The number of aromatic amines is 1. The van der Waals surface area contributed by atoms with Crippen LogP contribution in [0.4, 0.5) is 0 Å². The van der Waals surface area contributed by atoms with Gasteiger partial charge < -0.3 is 24.1 Å². The molecule has 0 saturated heterocycles. The van der Waals surface area contributed by atoms with Crippen molar-refractivity contribution in [1.82, 2.24) is 14.9 Å². The van der Waals surface area contributed by atoms with Crippen molar-refractivity contribution < 1.29 is 19.0 Å². The zero-order valence-corrected chi connectivity index (χ0v) is 28.3. The molecule has 7 heteroatoms. The zero-order valence-electron chi connectivity index (χ0n) is 28.3. The zero-order chi connectivity index (χ0) is 33.7. The van der Waals surface area contributed by atoms with Crippen LogP contribution in [0.5, 0.6) is 11.6 Å². The molecule has 49 heavy (non-hydrogen) atoms. The van der Waals surface area contributed by atoms with E-state index in [-0.39, 0.29) is 31.3 Å². The Morgan fingerprint density at radius 3 is 2.04 bits per heavy atom. The SMILES string of the molecule is Cc1c(CN(C)C)[nH]c2cc3c(cc12)CCCc1c-3nc(OCc2ccccc2)c(C(=O)OCc2ccccc2)c1OCc1ccccc1. The number of pyridine rings is 1. The lowest BCUT2D eigenvalue weighted by Gasteiger charge is -2.21. The monoisotopic (exact) mass is 651 g/mol. The van der Waals surface area contributed by atoms with E-state index in [0.29, 0.717) is 12.2 Å². The quantitative estimate of drug-likeness (QED) is 0.141. The van der Waals surface area contributed by atoms with Crippen LogP contribution in [0, 0.1) is 6.92 Å². The van der Waals surface area contributed by atoms with E-state index < -0.39 is 5.97 Å². The molecule has 0 amide bonds.